The first-order chi connectivity index (χ1) is 12.7. The van der Waals surface area contributed by atoms with Crippen LogP contribution in [0, 0.1) is 5.82 Å². The van der Waals surface area contributed by atoms with E-state index in [0.29, 0.717) is 30.9 Å². The Bertz CT molecular complexity index is 734. The summed E-state index contributed by atoms with van der Waals surface area (Å²) in [6, 6.07) is 6.59. The number of likely N-dealkylation sites (N-methyl/N-ethyl adjacent to an activating group) is 1. The van der Waals surface area contributed by atoms with Gasteiger partial charge in [-0.15, -0.1) is 24.0 Å². The minimum absolute atomic E-state index is 0. The Hall–Kier alpha value is -1.68. The van der Waals surface area contributed by atoms with Gasteiger partial charge in [-0.25, -0.2) is 9.37 Å². The second-order valence-electron chi connectivity index (χ2n) is 6.48. The molecule has 0 amide bonds. The lowest BCUT2D eigenvalue weighted by atomic mass is 10.2. The maximum Gasteiger partial charge on any atom is 0.226 e. The van der Waals surface area contributed by atoms with Crippen LogP contribution in [-0.4, -0.2) is 48.1 Å². The first kappa shape index (κ1) is 21.6. The molecule has 1 fully saturated rings. The number of halogens is 2. The highest BCUT2D eigenvalue weighted by molar-refractivity contribution is 14.0. The van der Waals surface area contributed by atoms with Crippen LogP contribution in [0.3, 0.4) is 0 Å². The largest absolute Gasteiger partial charge is 0.444 e. The van der Waals surface area contributed by atoms with Crippen LogP contribution in [-0.2, 0) is 6.42 Å². The van der Waals surface area contributed by atoms with E-state index in [4.69, 9.17) is 10.2 Å². The molecule has 2 heterocycles. The van der Waals surface area contributed by atoms with Gasteiger partial charge in [-0.2, -0.15) is 0 Å². The number of guanidine groups is 1. The van der Waals surface area contributed by atoms with Crippen molar-refractivity contribution in [1.29, 1.82) is 0 Å². The van der Waals surface area contributed by atoms with E-state index in [1.54, 1.807) is 18.4 Å². The monoisotopic (exact) mass is 487 g/mol. The highest BCUT2D eigenvalue weighted by atomic mass is 127. The molecule has 0 bridgehead atoms. The van der Waals surface area contributed by atoms with Gasteiger partial charge in [-0.1, -0.05) is 6.92 Å². The van der Waals surface area contributed by atoms with Crippen LogP contribution in [0.25, 0.3) is 11.5 Å². The number of hydrogen-bond donors (Lipinski definition) is 2. The molecule has 1 unspecified atom stereocenters. The summed E-state index contributed by atoms with van der Waals surface area (Å²) in [5, 5.41) is 3.12. The minimum Gasteiger partial charge on any atom is -0.444 e. The smallest absolute Gasteiger partial charge is 0.226 e. The number of hydrogen-bond acceptors (Lipinski definition) is 4. The first-order valence-electron chi connectivity index (χ1n) is 9.14. The topological polar surface area (TPSA) is 79.7 Å². The zero-order valence-corrected chi connectivity index (χ0v) is 17.9. The van der Waals surface area contributed by atoms with E-state index in [1.165, 1.54) is 25.0 Å². The van der Waals surface area contributed by atoms with Crippen molar-refractivity contribution in [3.05, 3.63) is 42.0 Å². The van der Waals surface area contributed by atoms with Crippen molar-refractivity contribution in [2.24, 2.45) is 10.7 Å². The zero-order chi connectivity index (χ0) is 18.4. The summed E-state index contributed by atoms with van der Waals surface area (Å²) in [7, 11) is 0. The second kappa shape index (κ2) is 10.6. The van der Waals surface area contributed by atoms with Gasteiger partial charge in [-0.05, 0) is 50.2 Å². The Morgan fingerprint density at radius 1 is 1.41 bits per heavy atom. The number of nitrogens with one attached hydrogen (secondary N) is 1. The normalized spacial score (nSPS) is 17.7. The maximum absolute atomic E-state index is 13.0. The molecule has 0 spiro atoms. The van der Waals surface area contributed by atoms with E-state index in [-0.39, 0.29) is 29.8 Å². The van der Waals surface area contributed by atoms with Crippen molar-refractivity contribution in [1.82, 2.24) is 15.2 Å². The highest BCUT2D eigenvalue weighted by Crippen LogP contribution is 2.19. The van der Waals surface area contributed by atoms with Gasteiger partial charge in [0.15, 0.2) is 5.96 Å². The van der Waals surface area contributed by atoms with Crippen molar-refractivity contribution in [2.75, 3.05) is 26.2 Å². The minimum atomic E-state index is -0.279. The molecule has 0 saturated carbocycles. The number of nitrogens with zero attached hydrogens (tertiary/aromatic N) is 3. The van der Waals surface area contributed by atoms with Gasteiger partial charge in [0.05, 0.1) is 12.2 Å². The van der Waals surface area contributed by atoms with Crippen molar-refractivity contribution in [2.45, 2.75) is 32.2 Å². The molecular formula is C19H27FIN5O. The third kappa shape index (κ3) is 6.17. The molecule has 0 radical (unpaired) electrons. The second-order valence-corrected chi connectivity index (χ2v) is 6.48. The van der Waals surface area contributed by atoms with Crippen LogP contribution in [0.2, 0.25) is 0 Å². The maximum atomic E-state index is 13.0. The summed E-state index contributed by atoms with van der Waals surface area (Å²) in [5.41, 5.74) is 7.52. The SMILES string of the molecule is CCN1CCCC1CN=C(N)NCCc1coc(-c2ccc(F)cc2)n1.I. The molecule has 27 heavy (non-hydrogen) atoms. The van der Waals surface area contributed by atoms with Gasteiger partial charge < -0.3 is 15.5 Å². The lowest BCUT2D eigenvalue weighted by Gasteiger charge is -2.20. The summed E-state index contributed by atoms with van der Waals surface area (Å²) < 4.78 is 18.4. The molecule has 6 nitrogen and oxygen atoms in total. The Kier molecular flexibility index (Phi) is 8.49. The van der Waals surface area contributed by atoms with Gasteiger partial charge in [0, 0.05) is 24.6 Å². The number of benzene rings is 1. The van der Waals surface area contributed by atoms with Gasteiger partial charge in [0.2, 0.25) is 5.89 Å². The standard InChI is InChI=1S/C19H26FN5O.HI/c1-2-25-11-3-4-17(25)12-23-19(21)22-10-9-16-13-26-18(24-16)14-5-7-15(20)8-6-14;/h5-8,13,17H,2-4,9-12H2,1H3,(H3,21,22,23);1H. The van der Waals surface area contributed by atoms with Crippen molar-refractivity contribution in [3.63, 3.8) is 0 Å². The Balaban J connectivity index is 0.00000261. The third-order valence-electron chi connectivity index (χ3n) is 4.71. The summed E-state index contributed by atoms with van der Waals surface area (Å²) in [6.45, 7) is 5.78. The molecule has 148 valence electrons. The lowest BCUT2D eigenvalue weighted by molar-refractivity contribution is 0.273. The molecule has 1 aromatic carbocycles. The lowest BCUT2D eigenvalue weighted by Crippen LogP contribution is -2.36. The van der Waals surface area contributed by atoms with E-state index < -0.39 is 0 Å². The fraction of sp³-hybridized carbons (Fsp3) is 0.474. The number of nitrogens with two attached hydrogens (primary N) is 1. The van der Waals surface area contributed by atoms with Gasteiger partial charge in [0.1, 0.15) is 12.1 Å². The summed E-state index contributed by atoms with van der Waals surface area (Å²) in [4.78, 5) is 11.3. The summed E-state index contributed by atoms with van der Waals surface area (Å²) in [5.74, 6) is 0.678. The summed E-state index contributed by atoms with van der Waals surface area (Å²) in [6.07, 6.45) is 4.72. The zero-order valence-electron chi connectivity index (χ0n) is 15.5. The van der Waals surface area contributed by atoms with E-state index in [2.05, 4.69) is 27.1 Å². The Labute approximate surface area is 176 Å². The highest BCUT2D eigenvalue weighted by Gasteiger charge is 2.22. The third-order valence-corrected chi connectivity index (χ3v) is 4.71. The van der Waals surface area contributed by atoms with Gasteiger partial charge in [0.25, 0.3) is 0 Å². The predicted octanol–water partition coefficient (Wildman–Crippen LogP) is 3.03. The fourth-order valence-corrected chi connectivity index (χ4v) is 3.24. The van der Waals surface area contributed by atoms with Crippen molar-refractivity contribution >= 4 is 29.9 Å². The van der Waals surface area contributed by atoms with Crippen LogP contribution >= 0.6 is 24.0 Å². The molecule has 1 aromatic heterocycles. The van der Waals surface area contributed by atoms with Crippen LogP contribution in [0.1, 0.15) is 25.5 Å². The molecule has 1 aliphatic heterocycles. The summed E-state index contributed by atoms with van der Waals surface area (Å²) >= 11 is 0. The molecule has 1 aliphatic rings. The molecule has 0 aliphatic carbocycles. The molecule has 8 heteroatoms. The average molecular weight is 487 g/mol. The van der Waals surface area contributed by atoms with Crippen molar-refractivity contribution in [3.8, 4) is 11.5 Å². The van der Waals surface area contributed by atoms with E-state index in [0.717, 1.165) is 30.9 Å². The fourth-order valence-electron chi connectivity index (χ4n) is 3.24. The van der Waals surface area contributed by atoms with Crippen molar-refractivity contribution < 1.29 is 8.81 Å². The average Bonchev–Trinajstić information content (AvgIpc) is 3.29. The van der Waals surface area contributed by atoms with Crippen LogP contribution in [0.4, 0.5) is 4.39 Å². The molecule has 2 aromatic rings. The van der Waals surface area contributed by atoms with Gasteiger partial charge >= 0.3 is 0 Å². The van der Waals surface area contributed by atoms with Crippen LogP contribution in [0.5, 0.6) is 0 Å². The molecule has 1 atom stereocenters. The number of aromatic nitrogens is 1. The van der Waals surface area contributed by atoms with E-state index in [9.17, 15) is 4.39 Å². The molecule has 3 N–H and O–H groups in total. The molecular weight excluding hydrogens is 460 g/mol. The van der Waals surface area contributed by atoms with E-state index >= 15 is 0 Å². The number of likely N-dealkylation sites (tertiary alicyclic amines) is 1. The molecule has 3 rings (SSSR count). The number of aliphatic imine (C=N–C) groups is 1. The van der Waals surface area contributed by atoms with Crippen LogP contribution in [0.15, 0.2) is 39.9 Å². The number of rotatable bonds is 7. The first-order valence-corrected chi connectivity index (χ1v) is 9.14. The van der Waals surface area contributed by atoms with Crippen LogP contribution < -0.4 is 11.1 Å². The predicted molar refractivity (Wildman–Crippen MR) is 116 cm³/mol. The van der Waals surface area contributed by atoms with Gasteiger partial charge in [-0.3, -0.25) is 9.89 Å². The Morgan fingerprint density at radius 2 is 2.19 bits per heavy atom. The Morgan fingerprint density at radius 3 is 2.93 bits per heavy atom. The quantitative estimate of drug-likeness (QED) is 0.357. The number of oxazole rings is 1. The van der Waals surface area contributed by atoms with E-state index in [1.807, 2.05) is 0 Å². The molecule has 1 saturated heterocycles.